The summed E-state index contributed by atoms with van der Waals surface area (Å²) < 4.78 is 0. The van der Waals surface area contributed by atoms with Gasteiger partial charge in [-0.2, -0.15) is 0 Å². The second kappa shape index (κ2) is 9.80. The van der Waals surface area contributed by atoms with Crippen LogP contribution in [0.25, 0.3) is 0 Å². The molecule has 1 aromatic heterocycles. The van der Waals surface area contributed by atoms with Crippen LogP contribution in [0.3, 0.4) is 0 Å². The lowest BCUT2D eigenvalue weighted by molar-refractivity contribution is 0.0967. The van der Waals surface area contributed by atoms with Gasteiger partial charge in [0.05, 0.1) is 0 Å². The number of aromatic nitrogens is 1. The second-order valence-corrected chi connectivity index (χ2v) is 5.93. The third kappa shape index (κ3) is 6.10. The molecule has 2 rings (SSSR count). The number of nitrogens with zero attached hydrogens (tertiary/aromatic N) is 2. The summed E-state index contributed by atoms with van der Waals surface area (Å²) in [7, 11) is 2.16. The largest absolute Gasteiger partial charge is 0.322 e. The monoisotopic (exact) mass is 326 g/mol. The minimum absolute atomic E-state index is 0.165. The van der Waals surface area contributed by atoms with Crippen molar-refractivity contribution in [1.82, 2.24) is 20.5 Å². The minimum Gasteiger partial charge on any atom is -0.322 e. The Labute approximate surface area is 144 Å². The number of carbonyl (C=O) groups is 1. The lowest BCUT2D eigenvalue weighted by Crippen LogP contribution is -2.40. The summed E-state index contributed by atoms with van der Waals surface area (Å²) in [6.45, 7) is 6.88. The number of piperidine rings is 1. The molecule has 0 bridgehead atoms. The van der Waals surface area contributed by atoms with Crippen LogP contribution in [0.15, 0.2) is 61.1 Å². The zero-order chi connectivity index (χ0) is 17.2. The molecule has 128 valence electrons. The molecule has 5 heteroatoms. The number of pyridine rings is 1. The molecule has 0 aliphatic carbocycles. The van der Waals surface area contributed by atoms with E-state index in [1.165, 1.54) is 12.8 Å². The third-order valence-electron chi connectivity index (χ3n) is 4.08. The fourth-order valence-electron chi connectivity index (χ4n) is 2.55. The minimum atomic E-state index is -0.165. The fourth-order valence-corrected chi connectivity index (χ4v) is 2.55. The first kappa shape index (κ1) is 18.1. The molecule has 0 unspecified atom stereocenters. The fraction of sp³-hybridized carbons (Fsp3) is 0.368. The molecule has 24 heavy (non-hydrogen) atoms. The van der Waals surface area contributed by atoms with E-state index in [0.717, 1.165) is 19.6 Å². The molecular weight excluding hydrogens is 300 g/mol. The van der Waals surface area contributed by atoms with E-state index in [1.807, 2.05) is 12.2 Å². The van der Waals surface area contributed by atoms with Gasteiger partial charge in [-0.3, -0.25) is 9.78 Å². The number of hydrogen-bond donors (Lipinski definition) is 2. The van der Waals surface area contributed by atoms with Crippen LogP contribution in [0, 0.1) is 0 Å². The van der Waals surface area contributed by atoms with Crippen molar-refractivity contribution in [2.75, 3.05) is 26.7 Å². The van der Waals surface area contributed by atoms with Gasteiger partial charge in [0.2, 0.25) is 0 Å². The quantitative estimate of drug-likeness (QED) is 0.754. The number of nitrogens with one attached hydrogen (secondary N) is 2. The van der Waals surface area contributed by atoms with Crippen molar-refractivity contribution < 1.29 is 4.79 Å². The Balaban J connectivity index is 1.76. The Kier molecular flexibility index (Phi) is 7.39. The molecule has 1 aliphatic rings. The van der Waals surface area contributed by atoms with E-state index in [9.17, 15) is 4.79 Å². The molecule has 1 aliphatic heterocycles. The van der Waals surface area contributed by atoms with Gasteiger partial charge in [-0.25, -0.2) is 0 Å². The van der Waals surface area contributed by atoms with Gasteiger partial charge in [0.15, 0.2) is 0 Å². The highest BCUT2D eigenvalue weighted by Crippen LogP contribution is 2.07. The Morgan fingerprint density at radius 3 is 2.75 bits per heavy atom. The van der Waals surface area contributed by atoms with Crippen molar-refractivity contribution in [2.45, 2.75) is 18.9 Å². The molecule has 0 aromatic carbocycles. The summed E-state index contributed by atoms with van der Waals surface area (Å²) in [6, 6.07) is 3.95. The Morgan fingerprint density at radius 2 is 2.08 bits per heavy atom. The molecule has 0 spiro atoms. The van der Waals surface area contributed by atoms with Crippen molar-refractivity contribution in [3.63, 3.8) is 0 Å². The number of hydrogen-bond acceptors (Lipinski definition) is 4. The van der Waals surface area contributed by atoms with E-state index in [4.69, 9.17) is 0 Å². The Bertz CT molecular complexity index is 587. The van der Waals surface area contributed by atoms with Crippen molar-refractivity contribution in [2.24, 2.45) is 0 Å². The van der Waals surface area contributed by atoms with Crippen molar-refractivity contribution in [3.05, 3.63) is 66.7 Å². The first-order chi connectivity index (χ1) is 11.7. The standard InChI is InChI=1S/C19H26N4O/c1-3-17(22-19(24)16-7-12-20-13-8-16)6-4-5-11-21-18-9-14-23(2)15-10-18/h3-8,12-13,18,21H,1,9-11,14-15H2,2H3,(H,22,24)/b5-4-,17-6+. The van der Waals surface area contributed by atoms with Crippen molar-refractivity contribution in [3.8, 4) is 0 Å². The molecule has 1 saturated heterocycles. The van der Waals surface area contributed by atoms with Crippen LogP contribution in [-0.4, -0.2) is 48.5 Å². The van der Waals surface area contributed by atoms with E-state index in [-0.39, 0.29) is 5.91 Å². The van der Waals surface area contributed by atoms with Gasteiger partial charge in [0.25, 0.3) is 5.91 Å². The van der Waals surface area contributed by atoms with Crippen LogP contribution in [-0.2, 0) is 0 Å². The summed E-state index contributed by atoms with van der Waals surface area (Å²) in [4.78, 5) is 18.3. The van der Waals surface area contributed by atoms with Gasteiger partial charge in [-0.15, -0.1) is 0 Å². The molecule has 0 saturated carbocycles. The zero-order valence-electron chi connectivity index (χ0n) is 14.2. The molecule has 5 nitrogen and oxygen atoms in total. The molecular formula is C19H26N4O. The molecule has 0 radical (unpaired) electrons. The third-order valence-corrected chi connectivity index (χ3v) is 4.08. The van der Waals surface area contributed by atoms with Crippen LogP contribution in [0.1, 0.15) is 23.2 Å². The number of rotatable bonds is 7. The second-order valence-electron chi connectivity index (χ2n) is 5.93. The topological polar surface area (TPSA) is 57.3 Å². The summed E-state index contributed by atoms with van der Waals surface area (Å²) in [5.41, 5.74) is 1.25. The predicted octanol–water partition coefficient (Wildman–Crippen LogP) is 2.12. The van der Waals surface area contributed by atoms with Gasteiger partial charge in [0.1, 0.15) is 0 Å². The number of allylic oxidation sites excluding steroid dienone is 3. The predicted molar refractivity (Wildman–Crippen MR) is 97.6 cm³/mol. The average molecular weight is 326 g/mol. The molecule has 1 amide bonds. The van der Waals surface area contributed by atoms with Crippen molar-refractivity contribution >= 4 is 5.91 Å². The average Bonchev–Trinajstić information content (AvgIpc) is 2.62. The van der Waals surface area contributed by atoms with E-state index < -0.39 is 0 Å². The van der Waals surface area contributed by atoms with Gasteiger partial charge in [-0.05, 0) is 57.3 Å². The Hall–Kier alpha value is -2.24. The summed E-state index contributed by atoms with van der Waals surface area (Å²) in [6.07, 6.45) is 13.1. The van der Waals surface area contributed by atoms with Crippen LogP contribution in [0.2, 0.25) is 0 Å². The number of amides is 1. The molecule has 0 atom stereocenters. The normalized spacial score (nSPS) is 17.1. The van der Waals surface area contributed by atoms with Crippen LogP contribution in [0.5, 0.6) is 0 Å². The summed E-state index contributed by atoms with van der Waals surface area (Å²) in [5.74, 6) is -0.165. The number of likely N-dealkylation sites (tertiary alicyclic amines) is 1. The first-order valence-electron chi connectivity index (χ1n) is 8.31. The number of carbonyl (C=O) groups excluding carboxylic acids is 1. The molecule has 1 fully saturated rings. The van der Waals surface area contributed by atoms with Gasteiger partial charge >= 0.3 is 0 Å². The van der Waals surface area contributed by atoms with Crippen molar-refractivity contribution in [1.29, 1.82) is 0 Å². The maximum Gasteiger partial charge on any atom is 0.255 e. The summed E-state index contributed by atoms with van der Waals surface area (Å²) in [5, 5.41) is 6.36. The van der Waals surface area contributed by atoms with E-state index in [0.29, 0.717) is 17.3 Å². The van der Waals surface area contributed by atoms with E-state index >= 15 is 0 Å². The highest BCUT2D eigenvalue weighted by atomic mass is 16.1. The van der Waals surface area contributed by atoms with Gasteiger partial charge in [-0.1, -0.05) is 18.7 Å². The van der Waals surface area contributed by atoms with Crippen LogP contribution >= 0.6 is 0 Å². The Morgan fingerprint density at radius 1 is 1.38 bits per heavy atom. The molecule has 2 heterocycles. The lowest BCUT2D eigenvalue weighted by atomic mass is 10.1. The first-order valence-corrected chi connectivity index (χ1v) is 8.31. The van der Waals surface area contributed by atoms with Gasteiger partial charge in [0, 0.05) is 36.2 Å². The maximum absolute atomic E-state index is 12.1. The van der Waals surface area contributed by atoms with Crippen LogP contribution < -0.4 is 10.6 Å². The van der Waals surface area contributed by atoms with E-state index in [2.05, 4.69) is 40.2 Å². The maximum atomic E-state index is 12.1. The highest BCUT2D eigenvalue weighted by molar-refractivity contribution is 5.95. The van der Waals surface area contributed by atoms with Crippen LogP contribution in [0.4, 0.5) is 0 Å². The lowest BCUT2D eigenvalue weighted by Gasteiger charge is -2.29. The van der Waals surface area contributed by atoms with E-state index in [1.54, 1.807) is 30.6 Å². The molecule has 2 N–H and O–H groups in total. The molecule has 1 aromatic rings. The highest BCUT2D eigenvalue weighted by Gasteiger charge is 2.14. The zero-order valence-corrected chi connectivity index (χ0v) is 14.2. The SMILES string of the molecule is C=C/C(=C\C=C/CNC1CCN(C)CC1)NC(=O)c1ccncc1. The smallest absolute Gasteiger partial charge is 0.255 e. The summed E-state index contributed by atoms with van der Waals surface area (Å²) >= 11 is 0. The van der Waals surface area contributed by atoms with Gasteiger partial charge < -0.3 is 15.5 Å².